The van der Waals surface area contributed by atoms with Crippen LogP contribution in [0.3, 0.4) is 0 Å². The Bertz CT molecular complexity index is 1050. The van der Waals surface area contributed by atoms with E-state index < -0.39 is 5.97 Å². The molecular weight excluding hydrogens is 373 g/mol. The first-order valence-corrected chi connectivity index (χ1v) is 8.49. The third kappa shape index (κ3) is 3.17. The molecule has 0 aliphatic carbocycles. The lowest BCUT2D eigenvalue weighted by Gasteiger charge is -2.01. The second kappa shape index (κ2) is 6.83. The van der Waals surface area contributed by atoms with Crippen molar-refractivity contribution in [3.05, 3.63) is 87.6 Å². The summed E-state index contributed by atoms with van der Waals surface area (Å²) in [6.45, 7) is 0. The van der Waals surface area contributed by atoms with Crippen molar-refractivity contribution in [3.8, 4) is 11.3 Å². The van der Waals surface area contributed by atoms with Crippen LogP contribution in [0.4, 0.5) is 0 Å². The molecule has 26 heavy (non-hydrogen) atoms. The van der Waals surface area contributed by atoms with Gasteiger partial charge in [-0.3, -0.25) is 0 Å². The molecule has 0 saturated heterocycles. The van der Waals surface area contributed by atoms with Crippen LogP contribution in [0.2, 0.25) is 10.0 Å². The lowest BCUT2D eigenvalue weighted by atomic mass is 10.0. The summed E-state index contributed by atoms with van der Waals surface area (Å²) >= 11 is 12.1. The van der Waals surface area contributed by atoms with Crippen molar-refractivity contribution in [1.29, 1.82) is 0 Å². The van der Waals surface area contributed by atoms with E-state index in [9.17, 15) is 4.79 Å². The number of oxime groups is 1. The Balaban J connectivity index is 1.69. The summed E-state index contributed by atoms with van der Waals surface area (Å²) < 4.78 is 5.82. The van der Waals surface area contributed by atoms with Crippen LogP contribution >= 0.6 is 23.2 Å². The molecule has 4 rings (SSSR count). The number of furan rings is 1. The number of hydrogen-bond acceptors (Lipinski definition) is 4. The van der Waals surface area contributed by atoms with E-state index in [2.05, 4.69) is 5.16 Å². The molecular formula is C20H11Cl2NO3. The van der Waals surface area contributed by atoms with Crippen molar-refractivity contribution < 1.29 is 14.0 Å². The summed E-state index contributed by atoms with van der Waals surface area (Å²) in [7, 11) is 0. The lowest BCUT2D eigenvalue weighted by molar-refractivity contribution is -0.136. The molecule has 4 nitrogen and oxygen atoms in total. The third-order valence-electron chi connectivity index (χ3n) is 3.85. The summed E-state index contributed by atoms with van der Waals surface area (Å²) in [5.74, 6) is 0.540. The Labute approximate surface area is 159 Å². The molecule has 0 N–H and O–H groups in total. The minimum Gasteiger partial charge on any atom is -0.457 e. The molecule has 0 fully saturated rings. The summed E-state index contributed by atoms with van der Waals surface area (Å²) in [6, 6.07) is 18.0. The van der Waals surface area contributed by atoms with Crippen LogP contribution in [0.1, 0.15) is 11.3 Å². The maximum Gasteiger partial charge on any atom is 0.368 e. The van der Waals surface area contributed by atoms with Crippen LogP contribution in [-0.2, 0) is 9.63 Å². The van der Waals surface area contributed by atoms with Gasteiger partial charge in [0.2, 0.25) is 0 Å². The average Bonchev–Trinajstić information content (AvgIpc) is 3.24. The molecule has 6 heteroatoms. The van der Waals surface area contributed by atoms with Gasteiger partial charge in [0.05, 0.1) is 10.6 Å². The first-order valence-electron chi connectivity index (χ1n) is 7.74. The van der Waals surface area contributed by atoms with E-state index in [0.29, 0.717) is 38.4 Å². The van der Waals surface area contributed by atoms with Crippen LogP contribution in [0.5, 0.6) is 0 Å². The fraction of sp³-hybridized carbons (Fsp3) is 0. The van der Waals surface area contributed by atoms with Gasteiger partial charge in [-0.2, -0.15) is 0 Å². The van der Waals surface area contributed by atoms with E-state index in [0.717, 1.165) is 5.56 Å². The normalized spacial score (nSPS) is 15.2. The maximum absolute atomic E-state index is 12.0. The minimum absolute atomic E-state index is 0.333. The smallest absolute Gasteiger partial charge is 0.368 e. The van der Waals surface area contributed by atoms with Gasteiger partial charge in [0.25, 0.3) is 0 Å². The molecule has 3 aromatic rings. The van der Waals surface area contributed by atoms with E-state index in [1.54, 1.807) is 36.4 Å². The van der Waals surface area contributed by atoms with Crippen molar-refractivity contribution in [1.82, 2.24) is 0 Å². The summed E-state index contributed by atoms with van der Waals surface area (Å²) in [5.41, 5.74) is 2.31. The van der Waals surface area contributed by atoms with Gasteiger partial charge in [-0.05, 0) is 36.4 Å². The van der Waals surface area contributed by atoms with Gasteiger partial charge < -0.3 is 9.25 Å². The fourth-order valence-electron chi connectivity index (χ4n) is 2.62. The molecule has 0 radical (unpaired) electrons. The zero-order valence-corrected chi connectivity index (χ0v) is 14.8. The van der Waals surface area contributed by atoms with Gasteiger partial charge in [-0.25, -0.2) is 4.79 Å². The Kier molecular flexibility index (Phi) is 4.37. The molecule has 128 valence electrons. The third-order valence-corrected chi connectivity index (χ3v) is 4.40. The van der Waals surface area contributed by atoms with Gasteiger partial charge in [-0.15, -0.1) is 0 Å². The van der Waals surface area contributed by atoms with Crippen molar-refractivity contribution in [2.45, 2.75) is 0 Å². The molecule has 2 aromatic carbocycles. The summed E-state index contributed by atoms with van der Waals surface area (Å²) in [4.78, 5) is 16.9. The predicted molar refractivity (Wildman–Crippen MR) is 101 cm³/mol. The summed E-state index contributed by atoms with van der Waals surface area (Å²) in [5, 5.41) is 4.91. The van der Waals surface area contributed by atoms with Gasteiger partial charge >= 0.3 is 5.97 Å². The second-order valence-corrected chi connectivity index (χ2v) is 6.41. The number of carbonyl (C=O) groups excluding carboxylic acids is 1. The highest BCUT2D eigenvalue weighted by atomic mass is 35.5. The minimum atomic E-state index is -0.522. The Morgan fingerprint density at radius 3 is 2.54 bits per heavy atom. The topological polar surface area (TPSA) is 51.8 Å². The van der Waals surface area contributed by atoms with Gasteiger partial charge in [0, 0.05) is 16.1 Å². The molecule has 1 aromatic heterocycles. The zero-order chi connectivity index (χ0) is 18.1. The van der Waals surface area contributed by atoms with E-state index in [4.69, 9.17) is 32.5 Å². The van der Waals surface area contributed by atoms with E-state index in [1.165, 1.54) is 0 Å². The van der Waals surface area contributed by atoms with Crippen molar-refractivity contribution >= 4 is 41.0 Å². The Morgan fingerprint density at radius 2 is 1.77 bits per heavy atom. The lowest BCUT2D eigenvalue weighted by Crippen LogP contribution is -2.06. The predicted octanol–water partition coefficient (Wildman–Crippen LogP) is 5.60. The number of rotatable bonds is 3. The van der Waals surface area contributed by atoms with Crippen LogP contribution in [0.25, 0.3) is 17.4 Å². The van der Waals surface area contributed by atoms with E-state index >= 15 is 0 Å². The standard InChI is InChI=1S/C20H11Cl2NO3/c21-13-6-8-15(17(22)10-13)18-9-7-14(25-18)11-16-19(23-26-20(16)24)12-4-2-1-3-5-12/h1-11H/b16-11-. The highest BCUT2D eigenvalue weighted by Gasteiger charge is 2.27. The van der Waals surface area contributed by atoms with Gasteiger partial charge in [-0.1, -0.05) is 58.7 Å². The van der Waals surface area contributed by atoms with Crippen LogP contribution in [0.15, 0.2) is 75.8 Å². The molecule has 0 atom stereocenters. The first kappa shape index (κ1) is 16.6. The number of nitrogens with zero attached hydrogens (tertiary/aromatic N) is 1. The van der Waals surface area contributed by atoms with E-state index in [-0.39, 0.29) is 0 Å². The quantitative estimate of drug-likeness (QED) is 0.436. The fourth-order valence-corrected chi connectivity index (χ4v) is 3.12. The van der Waals surface area contributed by atoms with Gasteiger partial charge in [0.1, 0.15) is 17.2 Å². The number of halogens is 2. The molecule has 2 heterocycles. The van der Waals surface area contributed by atoms with Crippen LogP contribution in [-0.4, -0.2) is 11.7 Å². The molecule has 0 amide bonds. The highest BCUT2D eigenvalue weighted by Crippen LogP contribution is 2.32. The van der Waals surface area contributed by atoms with Crippen molar-refractivity contribution in [2.75, 3.05) is 0 Å². The molecule has 1 aliphatic rings. The second-order valence-electron chi connectivity index (χ2n) is 5.57. The Morgan fingerprint density at radius 1 is 0.962 bits per heavy atom. The van der Waals surface area contributed by atoms with Crippen molar-refractivity contribution in [2.24, 2.45) is 5.16 Å². The summed E-state index contributed by atoms with van der Waals surface area (Å²) in [6.07, 6.45) is 1.61. The number of carbonyl (C=O) groups is 1. The SMILES string of the molecule is O=C1ON=C(c2ccccc2)/C1=C/c1ccc(-c2ccc(Cl)cc2Cl)o1. The van der Waals surface area contributed by atoms with Crippen LogP contribution < -0.4 is 0 Å². The molecule has 1 aliphatic heterocycles. The largest absolute Gasteiger partial charge is 0.457 e. The first-order chi connectivity index (χ1) is 12.6. The Hall–Kier alpha value is -2.82. The molecule has 0 bridgehead atoms. The number of hydrogen-bond donors (Lipinski definition) is 0. The zero-order valence-electron chi connectivity index (χ0n) is 13.3. The highest BCUT2D eigenvalue weighted by molar-refractivity contribution is 6.36. The van der Waals surface area contributed by atoms with Crippen LogP contribution in [0, 0.1) is 0 Å². The molecule has 0 saturated carbocycles. The van der Waals surface area contributed by atoms with Gasteiger partial charge in [0.15, 0.2) is 0 Å². The monoisotopic (exact) mass is 383 g/mol. The van der Waals surface area contributed by atoms with Crippen molar-refractivity contribution in [3.63, 3.8) is 0 Å². The molecule has 0 unspecified atom stereocenters. The number of benzene rings is 2. The molecule has 0 spiro atoms. The maximum atomic E-state index is 12.0. The average molecular weight is 384 g/mol. The van der Waals surface area contributed by atoms with E-state index in [1.807, 2.05) is 30.3 Å².